The molecule has 0 bridgehead atoms. The van der Waals surface area contributed by atoms with E-state index in [1.54, 1.807) is 17.4 Å². The number of aryl methyl sites for hydroxylation is 2. The van der Waals surface area contributed by atoms with Crippen LogP contribution in [0.4, 0.5) is 4.39 Å². The van der Waals surface area contributed by atoms with Crippen molar-refractivity contribution in [1.29, 1.82) is 0 Å². The molecule has 138 valence electrons. The zero-order valence-corrected chi connectivity index (χ0v) is 16.1. The minimum absolute atomic E-state index is 0.181. The van der Waals surface area contributed by atoms with Crippen molar-refractivity contribution in [1.82, 2.24) is 14.5 Å². The first-order valence-electron chi connectivity index (χ1n) is 8.12. The third-order valence-electron chi connectivity index (χ3n) is 3.95. The molecule has 1 N–H and O–H groups in total. The second-order valence-electron chi connectivity index (χ2n) is 6.14. The van der Waals surface area contributed by atoms with E-state index in [4.69, 9.17) is 0 Å². The predicted octanol–water partition coefficient (Wildman–Crippen LogP) is 3.41. The van der Waals surface area contributed by atoms with Gasteiger partial charge in [-0.3, -0.25) is 4.68 Å². The SMILES string of the molecule is Cc1cc(C)n(C(CNS(=O)(=O)Cc2cccc(F)c2)c2cccs2)n1. The van der Waals surface area contributed by atoms with Crippen LogP contribution in [0, 0.1) is 19.7 Å². The molecular formula is C18H20FN3O2S2. The fourth-order valence-electron chi connectivity index (χ4n) is 2.85. The van der Waals surface area contributed by atoms with Crippen LogP contribution in [0.5, 0.6) is 0 Å². The Kier molecular flexibility index (Phi) is 5.55. The number of nitrogens with one attached hydrogen (secondary N) is 1. The Morgan fingerprint density at radius 3 is 2.65 bits per heavy atom. The van der Waals surface area contributed by atoms with E-state index in [2.05, 4.69) is 9.82 Å². The number of benzene rings is 1. The summed E-state index contributed by atoms with van der Waals surface area (Å²) in [6.07, 6.45) is 0. The van der Waals surface area contributed by atoms with Crippen LogP contribution in [0.3, 0.4) is 0 Å². The summed E-state index contributed by atoms with van der Waals surface area (Å²) in [5.74, 6) is -0.712. The summed E-state index contributed by atoms with van der Waals surface area (Å²) in [7, 11) is -3.60. The first-order valence-corrected chi connectivity index (χ1v) is 10.7. The van der Waals surface area contributed by atoms with Crippen molar-refractivity contribution < 1.29 is 12.8 Å². The molecule has 8 heteroatoms. The lowest BCUT2D eigenvalue weighted by Gasteiger charge is -2.19. The van der Waals surface area contributed by atoms with Crippen LogP contribution in [-0.4, -0.2) is 24.7 Å². The van der Waals surface area contributed by atoms with Crippen molar-refractivity contribution in [3.63, 3.8) is 0 Å². The lowest BCUT2D eigenvalue weighted by Crippen LogP contribution is -2.32. The van der Waals surface area contributed by atoms with Gasteiger partial charge in [0.2, 0.25) is 10.0 Å². The smallest absolute Gasteiger partial charge is 0.215 e. The Bertz CT molecular complexity index is 982. The highest BCUT2D eigenvalue weighted by molar-refractivity contribution is 7.88. The van der Waals surface area contributed by atoms with Gasteiger partial charge < -0.3 is 0 Å². The molecule has 0 saturated heterocycles. The van der Waals surface area contributed by atoms with Crippen molar-refractivity contribution in [3.05, 3.63) is 75.5 Å². The molecule has 2 heterocycles. The summed E-state index contributed by atoms with van der Waals surface area (Å²) in [6, 6.07) is 11.3. The fraction of sp³-hybridized carbons (Fsp3) is 0.278. The van der Waals surface area contributed by atoms with E-state index in [-0.39, 0.29) is 18.3 Å². The Balaban J connectivity index is 1.78. The number of aromatic nitrogens is 2. The van der Waals surface area contributed by atoms with Crippen LogP contribution in [-0.2, 0) is 15.8 Å². The van der Waals surface area contributed by atoms with Gasteiger partial charge in [0.1, 0.15) is 5.82 Å². The highest BCUT2D eigenvalue weighted by Gasteiger charge is 2.21. The van der Waals surface area contributed by atoms with E-state index in [0.29, 0.717) is 5.56 Å². The maximum absolute atomic E-state index is 13.3. The first kappa shape index (κ1) is 18.8. The molecule has 1 atom stereocenters. The van der Waals surface area contributed by atoms with E-state index < -0.39 is 15.8 Å². The van der Waals surface area contributed by atoms with Crippen molar-refractivity contribution in [3.8, 4) is 0 Å². The highest BCUT2D eigenvalue weighted by atomic mass is 32.2. The second kappa shape index (κ2) is 7.69. The van der Waals surface area contributed by atoms with Crippen LogP contribution >= 0.6 is 11.3 Å². The number of thiophene rings is 1. The van der Waals surface area contributed by atoms with Crippen molar-refractivity contribution in [2.24, 2.45) is 0 Å². The van der Waals surface area contributed by atoms with Gasteiger partial charge in [-0.15, -0.1) is 11.3 Å². The van der Waals surface area contributed by atoms with Crippen LogP contribution < -0.4 is 4.72 Å². The molecule has 3 aromatic rings. The maximum Gasteiger partial charge on any atom is 0.215 e. The average Bonchev–Trinajstić information content (AvgIpc) is 3.18. The zero-order valence-electron chi connectivity index (χ0n) is 14.5. The minimum Gasteiger partial charge on any atom is -0.260 e. The number of hydrogen-bond acceptors (Lipinski definition) is 4. The van der Waals surface area contributed by atoms with Crippen molar-refractivity contribution >= 4 is 21.4 Å². The Hall–Kier alpha value is -2.03. The molecular weight excluding hydrogens is 373 g/mol. The van der Waals surface area contributed by atoms with Gasteiger partial charge in [-0.2, -0.15) is 5.10 Å². The van der Waals surface area contributed by atoms with Crippen LogP contribution in [0.25, 0.3) is 0 Å². The lowest BCUT2D eigenvalue weighted by atomic mass is 10.2. The minimum atomic E-state index is -3.60. The average molecular weight is 394 g/mol. The van der Waals surface area contributed by atoms with E-state index in [1.165, 1.54) is 18.2 Å². The number of halogens is 1. The molecule has 26 heavy (non-hydrogen) atoms. The number of rotatable bonds is 7. The third-order valence-corrected chi connectivity index (χ3v) is 6.25. The van der Waals surface area contributed by atoms with E-state index >= 15 is 0 Å². The standard InChI is InChI=1S/C18H20FN3O2S2/c1-13-9-14(2)22(21-13)17(18-7-4-8-25-18)11-20-26(23,24)12-15-5-3-6-16(19)10-15/h3-10,17,20H,11-12H2,1-2H3. The van der Waals surface area contributed by atoms with Gasteiger partial charge in [-0.25, -0.2) is 17.5 Å². The van der Waals surface area contributed by atoms with E-state index in [1.807, 2.05) is 42.1 Å². The van der Waals surface area contributed by atoms with Gasteiger partial charge in [0.15, 0.2) is 0 Å². The third kappa shape index (κ3) is 4.57. The molecule has 1 unspecified atom stereocenters. The second-order valence-corrected chi connectivity index (χ2v) is 8.93. The summed E-state index contributed by atoms with van der Waals surface area (Å²) in [5, 5.41) is 6.46. The Morgan fingerprint density at radius 2 is 2.04 bits per heavy atom. The van der Waals surface area contributed by atoms with Gasteiger partial charge in [-0.05, 0) is 49.1 Å². The quantitative estimate of drug-likeness (QED) is 0.669. The van der Waals surface area contributed by atoms with Gasteiger partial charge in [-0.1, -0.05) is 18.2 Å². The van der Waals surface area contributed by atoms with Crippen LogP contribution in [0.2, 0.25) is 0 Å². The Morgan fingerprint density at radius 1 is 1.23 bits per heavy atom. The molecule has 0 aliphatic heterocycles. The summed E-state index contributed by atoms with van der Waals surface area (Å²) < 4.78 is 42.7. The molecule has 0 saturated carbocycles. The molecule has 2 aromatic heterocycles. The number of hydrogen-bond donors (Lipinski definition) is 1. The molecule has 1 aromatic carbocycles. The highest BCUT2D eigenvalue weighted by Crippen LogP contribution is 2.24. The first-order chi connectivity index (χ1) is 12.3. The number of nitrogens with zero attached hydrogens (tertiary/aromatic N) is 2. The van der Waals surface area contributed by atoms with Crippen LogP contribution in [0.1, 0.15) is 27.9 Å². The number of sulfonamides is 1. The molecule has 0 spiro atoms. The van der Waals surface area contributed by atoms with E-state index in [0.717, 1.165) is 16.3 Å². The summed E-state index contributed by atoms with van der Waals surface area (Å²) in [6.45, 7) is 4.03. The predicted molar refractivity (Wildman–Crippen MR) is 101 cm³/mol. The largest absolute Gasteiger partial charge is 0.260 e. The lowest BCUT2D eigenvalue weighted by molar-refractivity contribution is 0.499. The Labute approximate surface area is 156 Å². The van der Waals surface area contributed by atoms with Gasteiger partial charge >= 0.3 is 0 Å². The normalized spacial score (nSPS) is 13.0. The summed E-state index contributed by atoms with van der Waals surface area (Å²) in [4.78, 5) is 1.02. The van der Waals surface area contributed by atoms with Crippen molar-refractivity contribution in [2.75, 3.05) is 6.54 Å². The maximum atomic E-state index is 13.3. The van der Waals surface area contributed by atoms with Gasteiger partial charge in [0.05, 0.1) is 17.5 Å². The van der Waals surface area contributed by atoms with Crippen LogP contribution in [0.15, 0.2) is 47.8 Å². The van der Waals surface area contributed by atoms with Gasteiger partial charge in [0.25, 0.3) is 0 Å². The summed E-state index contributed by atoms with van der Waals surface area (Å²) >= 11 is 1.56. The molecule has 0 aliphatic carbocycles. The molecule has 0 amide bonds. The molecule has 3 rings (SSSR count). The van der Waals surface area contributed by atoms with Crippen molar-refractivity contribution in [2.45, 2.75) is 25.6 Å². The topological polar surface area (TPSA) is 64.0 Å². The molecule has 5 nitrogen and oxygen atoms in total. The van der Waals surface area contributed by atoms with Gasteiger partial charge in [0, 0.05) is 17.1 Å². The van der Waals surface area contributed by atoms with E-state index in [9.17, 15) is 12.8 Å². The zero-order chi connectivity index (χ0) is 18.7. The molecule has 0 aliphatic rings. The molecule has 0 fully saturated rings. The monoisotopic (exact) mass is 393 g/mol. The molecule has 0 radical (unpaired) electrons. The summed E-state index contributed by atoms with van der Waals surface area (Å²) in [5.41, 5.74) is 2.26. The fourth-order valence-corrected chi connectivity index (χ4v) is 4.80.